The van der Waals surface area contributed by atoms with Gasteiger partial charge in [-0.1, -0.05) is 249 Å². The summed E-state index contributed by atoms with van der Waals surface area (Å²) in [4.78, 5) is 24.5. The number of hydrogen-bond donors (Lipinski definition) is 3. The Morgan fingerprint density at radius 3 is 1.24 bits per heavy atom. The lowest BCUT2D eigenvalue weighted by Crippen LogP contribution is -2.45. The molecule has 0 spiro atoms. The van der Waals surface area contributed by atoms with Crippen molar-refractivity contribution < 1.29 is 24.5 Å². The van der Waals surface area contributed by atoms with Gasteiger partial charge in [-0.2, -0.15) is 0 Å². The number of esters is 1. The molecule has 6 heteroatoms. The molecule has 2 unspecified atom stereocenters. The molecule has 0 aliphatic heterocycles. The van der Waals surface area contributed by atoms with E-state index in [0.717, 1.165) is 51.4 Å². The zero-order valence-electron chi connectivity index (χ0n) is 42.1. The number of amides is 1. The van der Waals surface area contributed by atoms with Gasteiger partial charge in [-0.05, 0) is 64.2 Å². The predicted molar refractivity (Wildman–Crippen MR) is 273 cm³/mol. The van der Waals surface area contributed by atoms with Crippen LogP contribution in [0.25, 0.3) is 0 Å². The molecule has 6 nitrogen and oxygen atoms in total. The van der Waals surface area contributed by atoms with Crippen LogP contribution in [-0.4, -0.2) is 47.4 Å². The molecule has 0 aromatic rings. The van der Waals surface area contributed by atoms with Gasteiger partial charge in [-0.15, -0.1) is 0 Å². The number of aliphatic hydroxyl groups is 2. The van der Waals surface area contributed by atoms with Gasteiger partial charge < -0.3 is 20.3 Å². The number of nitrogens with one attached hydrogen (secondary N) is 1. The van der Waals surface area contributed by atoms with E-state index in [2.05, 4.69) is 43.5 Å². The van der Waals surface area contributed by atoms with E-state index in [1.54, 1.807) is 6.08 Å². The third-order valence-corrected chi connectivity index (χ3v) is 12.7. The molecule has 0 heterocycles. The van der Waals surface area contributed by atoms with Gasteiger partial charge in [0.2, 0.25) is 5.91 Å². The summed E-state index contributed by atoms with van der Waals surface area (Å²) >= 11 is 0. The Labute approximate surface area is 392 Å². The fraction of sp³-hybridized carbons (Fsp3) is 0.860. The molecule has 0 radical (unpaired) electrons. The number of aliphatic hydroxyl groups excluding tert-OH is 2. The van der Waals surface area contributed by atoms with E-state index in [-0.39, 0.29) is 18.5 Å². The largest absolute Gasteiger partial charge is 0.466 e. The van der Waals surface area contributed by atoms with E-state index in [1.807, 2.05) is 6.08 Å². The van der Waals surface area contributed by atoms with E-state index in [9.17, 15) is 19.8 Å². The van der Waals surface area contributed by atoms with Gasteiger partial charge >= 0.3 is 5.97 Å². The van der Waals surface area contributed by atoms with Crippen molar-refractivity contribution in [2.24, 2.45) is 0 Å². The smallest absolute Gasteiger partial charge is 0.305 e. The summed E-state index contributed by atoms with van der Waals surface area (Å²) in [5, 5.41) is 23.1. The summed E-state index contributed by atoms with van der Waals surface area (Å²) in [6.07, 6.45) is 64.4. The van der Waals surface area contributed by atoms with Gasteiger partial charge in [0.05, 0.1) is 25.4 Å². The van der Waals surface area contributed by atoms with E-state index in [1.165, 1.54) is 212 Å². The molecule has 0 saturated heterocycles. The van der Waals surface area contributed by atoms with Crippen molar-refractivity contribution in [2.45, 2.75) is 302 Å². The molecule has 0 aliphatic rings. The summed E-state index contributed by atoms with van der Waals surface area (Å²) < 4.78 is 5.47. The van der Waals surface area contributed by atoms with E-state index in [0.29, 0.717) is 19.4 Å². The third-order valence-electron chi connectivity index (χ3n) is 12.7. The summed E-state index contributed by atoms with van der Waals surface area (Å²) in [5.74, 6) is -0.0836. The van der Waals surface area contributed by atoms with Crippen LogP contribution in [0.4, 0.5) is 0 Å². The number of rotatable bonds is 51. The second-order valence-corrected chi connectivity index (χ2v) is 18.9. The number of ether oxygens (including phenoxy) is 1. The van der Waals surface area contributed by atoms with Crippen molar-refractivity contribution in [3.05, 3.63) is 36.5 Å². The first-order valence-corrected chi connectivity index (χ1v) is 27.8. The average Bonchev–Trinajstić information content (AvgIpc) is 3.28. The van der Waals surface area contributed by atoms with Gasteiger partial charge in [-0.25, -0.2) is 0 Å². The van der Waals surface area contributed by atoms with E-state index >= 15 is 0 Å². The maximum atomic E-state index is 12.4. The fourth-order valence-electron chi connectivity index (χ4n) is 8.37. The lowest BCUT2D eigenvalue weighted by Gasteiger charge is -2.20. The maximum Gasteiger partial charge on any atom is 0.305 e. The first-order valence-electron chi connectivity index (χ1n) is 27.8. The number of allylic oxidation sites excluding steroid dienone is 5. The highest BCUT2D eigenvalue weighted by Crippen LogP contribution is 2.16. The zero-order chi connectivity index (χ0) is 45.8. The predicted octanol–water partition coefficient (Wildman–Crippen LogP) is 16.9. The minimum absolute atomic E-state index is 0.00990. The van der Waals surface area contributed by atoms with Crippen molar-refractivity contribution in [1.29, 1.82) is 0 Å². The van der Waals surface area contributed by atoms with Crippen molar-refractivity contribution in [3.63, 3.8) is 0 Å². The van der Waals surface area contributed by atoms with Gasteiger partial charge in [0.15, 0.2) is 0 Å². The molecular weight excluding hydrogens is 779 g/mol. The molecule has 0 fully saturated rings. The summed E-state index contributed by atoms with van der Waals surface area (Å²) in [5.41, 5.74) is 0. The summed E-state index contributed by atoms with van der Waals surface area (Å²) in [6.45, 7) is 4.86. The van der Waals surface area contributed by atoms with Crippen LogP contribution in [-0.2, 0) is 14.3 Å². The Balaban J connectivity index is 3.45. The molecule has 2 atom stereocenters. The standard InChI is InChI=1S/C57H107NO5/c1-3-5-7-9-11-13-15-17-22-27-31-35-39-43-47-51-57(62)63-52-48-44-40-36-32-28-24-21-19-20-23-26-30-34-38-42-46-50-56(61)58-54(53-59)55(60)49-45-41-37-33-29-25-18-16-14-12-10-8-6-4-2/h11,13,17,22,45,49,54-55,59-60H,3-10,12,14-16,18-21,23-44,46-48,50-53H2,1-2H3,(H,58,61)/b13-11-,22-17-,49-45+. The van der Waals surface area contributed by atoms with E-state index in [4.69, 9.17) is 4.74 Å². The lowest BCUT2D eigenvalue weighted by atomic mass is 10.0. The highest BCUT2D eigenvalue weighted by atomic mass is 16.5. The Kier molecular flexibility index (Phi) is 51.1. The molecular formula is C57H107NO5. The third kappa shape index (κ3) is 49.4. The van der Waals surface area contributed by atoms with Crippen molar-refractivity contribution in [3.8, 4) is 0 Å². The van der Waals surface area contributed by atoms with Crippen LogP contribution in [0.5, 0.6) is 0 Å². The molecule has 370 valence electrons. The normalized spacial score (nSPS) is 12.9. The monoisotopic (exact) mass is 886 g/mol. The molecule has 0 saturated carbocycles. The number of hydrogen-bond acceptors (Lipinski definition) is 5. The number of carbonyl (C=O) groups is 2. The van der Waals surface area contributed by atoms with Gasteiger partial charge in [0.25, 0.3) is 0 Å². The molecule has 0 aromatic carbocycles. The van der Waals surface area contributed by atoms with Crippen molar-refractivity contribution in [2.75, 3.05) is 13.2 Å². The van der Waals surface area contributed by atoms with Crippen LogP contribution in [0.2, 0.25) is 0 Å². The first kappa shape index (κ1) is 61.1. The van der Waals surface area contributed by atoms with Crippen LogP contribution in [0, 0.1) is 0 Å². The van der Waals surface area contributed by atoms with Crippen LogP contribution < -0.4 is 5.32 Å². The number of carbonyl (C=O) groups excluding carboxylic acids is 2. The molecule has 0 aliphatic carbocycles. The minimum Gasteiger partial charge on any atom is -0.466 e. The maximum absolute atomic E-state index is 12.4. The fourth-order valence-corrected chi connectivity index (χ4v) is 8.37. The van der Waals surface area contributed by atoms with Crippen LogP contribution >= 0.6 is 0 Å². The lowest BCUT2D eigenvalue weighted by molar-refractivity contribution is -0.143. The second kappa shape index (κ2) is 52.7. The summed E-state index contributed by atoms with van der Waals surface area (Å²) in [7, 11) is 0. The highest BCUT2D eigenvalue weighted by molar-refractivity contribution is 5.76. The molecule has 0 aromatic heterocycles. The minimum atomic E-state index is -0.848. The van der Waals surface area contributed by atoms with Crippen LogP contribution in [0.15, 0.2) is 36.5 Å². The van der Waals surface area contributed by atoms with Gasteiger partial charge in [0, 0.05) is 12.8 Å². The van der Waals surface area contributed by atoms with Gasteiger partial charge in [0.1, 0.15) is 0 Å². The van der Waals surface area contributed by atoms with Crippen LogP contribution in [0.3, 0.4) is 0 Å². The topological polar surface area (TPSA) is 95.9 Å². The number of unbranched alkanes of at least 4 members (excludes halogenated alkanes) is 36. The summed E-state index contributed by atoms with van der Waals surface area (Å²) in [6, 6.07) is -0.632. The van der Waals surface area contributed by atoms with Crippen molar-refractivity contribution >= 4 is 11.9 Å². The molecule has 63 heavy (non-hydrogen) atoms. The quantitative estimate of drug-likeness (QED) is 0.0321. The van der Waals surface area contributed by atoms with Gasteiger partial charge in [-0.3, -0.25) is 9.59 Å². The Morgan fingerprint density at radius 1 is 0.444 bits per heavy atom. The Bertz CT molecular complexity index is 1020. The molecule has 0 rings (SSSR count). The highest BCUT2D eigenvalue weighted by Gasteiger charge is 2.18. The average molecular weight is 886 g/mol. The molecule has 3 N–H and O–H groups in total. The SMILES string of the molecule is CCCCC/C=C\C/C=C\CCCCCCCC(=O)OCCCCCCCCCCCCCCCCCCCC(=O)NC(CO)C(O)/C=C/CCCCCCCCCCCCCC. The van der Waals surface area contributed by atoms with Crippen molar-refractivity contribution in [1.82, 2.24) is 5.32 Å². The molecule has 0 bridgehead atoms. The first-order chi connectivity index (χ1) is 31.0. The van der Waals surface area contributed by atoms with Crippen LogP contribution in [0.1, 0.15) is 290 Å². The molecule has 1 amide bonds. The zero-order valence-corrected chi connectivity index (χ0v) is 42.1. The second-order valence-electron chi connectivity index (χ2n) is 18.9. The Hall–Kier alpha value is -1.92. The van der Waals surface area contributed by atoms with E-state index < -0.39 is 12.1 Å². The Morgan fingerprint density at radius 2 is 0.794 bits per heavy atom.